The second kappa shape index (κ2) is 7.39. The number of carbonyl (C=O) groups is 1. The first kappa shape index (κ1) is 19.2. The number of alkyl halides is 3. The summed E-state index contributed by atoms with van der Waals surface area (Å²) < 4.78 is 42.2. The molecule has 2 aromatic heterocycles. The Morgan fingerprint density at radius 1 is 1.18 bits per heavy atom. The van der Waals surface area contributed by atoms with Gasteiger partial charge in [0.2, 0.25) is 0 Å². The molecule has 0 aromatic carbocycles. The van der Waals surface area contributed by atoms with Gasteiger partial charge in [0.05, 0.1) is 11.1 Å². The molecular weight excluding hydrogens is 369 g/mol. The molecule has 4 heterocycles. The summed E-state index contributed by atoms with van der Waals surface area (Å²) in [5.74, 6) is 0.215. The molecule has 8 heteroatoms. The quantitative estimate of drug-likeness (QED) is 0.845. The Labute approximate surface area is 161 Å². The zero-order valence-corrected chi connectivity index (χ0v) is 15.9. The van der Waals surface area contributed by atoms with Crippen molar-refractivity contribution in [3.8, 4) is 0 Å². The molecule has 152 valence electrons. The van der Waals surface area contributed by atoms with Gasteiger partial charge in [-0.2, -0.15) is 18.3 Å². The predicted octanol–water partition coefficient (Wildman–Crippen LogP) is 3.69. The van der Waals surface area contributed by atoms with Crippen molar-refractivity contribution in [2.24, 2.45) is 5.92 Å². The van der Waals surface area contributed by atoms with Crippen LogP contribution in [0, 0.1) is 5.92 Å². The van der Waals surface area contributed by atoms with Crippen molar-refractivity contribution in [3.63, 3.8) is 0 Å². The van der Waals surface area contributed by atoms with E-state index in [2.05, 4.69) is 17.3 Å². The number of fused-ring (bicyclic) bond motifs is 1. The molecule has 2 fully saturated rings. The number of halogens is 3. The van der Waals surface area contributed by atoms with E-state index >= 15 is 0 Å². The molecule has 0 radical (unpaired) electrons. The van der Waals surface area contributed by atoms with Crippen LogP contribution in [0.4, 0.5) is 13.2 Å². The van der Waals surface area contributed by atoms with Crippen molar-refractivity contribution in [2.75, 3.05) is 26.2 Å². The molecule has 0 atom stereocenters. The summed E-state index contributed by atoms with van der Waals surface area (Å²) in [6.07, 6.45) is 0.374. The van der Waals surface area contributed by atoms with Crippen molar-refractivity contribution < 1.29 is 18.0 Å². The number of carbonyl (C=O) groups excluding carboxylic acids is 1. The molecule has 4 rings (SSSR count). The Morgan fingerprint density at radius 2 is 1.86 bits per heavy atom. The maximum Gasteiger partial charge on any atom is 0.436 e. The van der Waals surface area contributed by atoms with Gasteiger partial charge in [-0.15, -0.1) is 0 Å². The van der Waals surface area contributed by atoms with Gasteiger partial charge in [0.15, 0.2) is 5.69 Å². The van der Waals surface area contributed by atoms with Crippen LogP contribution in [-0.2, 0) is 6.18 Å². The third-order valence-corrected chi connectivity index (χ3v) is 6.02. The standard InChI is InChI=1S/C20H25F3N4O/c1-13-4-9-26(10-5-13)19(28)17-16-12-15(14-2-7-24-8-3-14)6-11-27(16)25-18(17)20(21,22)23/h6,11-14,24H,2-5,7-10H2,1H3. The highest BCUT2D eigenvalue weighted by molar-refractivity contribution is 6.02. The van der Waals surface area contributed by atoms with Gasteiger partial charge in [-0.1, -0.05) is 6.92 Å². The third-order valence-electron chi connectivity index (χ3n) is 6.02. The molecule has 0 spiro atoms. The lowest BCUT2D eigenvalue weighted by Gasteiger charge is -2.30. The first-order valence-corrected chi connectivity index (χ1v) is 9.94. The van der Waals surface area contributed by atoms with Crippen LogP contribution in [0.1, 0.15) is 60.1 Å². The highest BCUT2D eigenvalue weighted by Gasteiger charge is 2.41. The minimum absolute atomic E-state index is 0.256. The van der Waals surface area contributed by atoms with E-state index in [-0.39, 0.29) is 17.0 Å². The summed E-state index contributed by atoms with van der Waals surface area (Å²) in [6.45, 7) is 4.86. The maximum atomic E-state index is 13.7. The largest absolute Gasteiger partial charge is 0.436 e. The Bertz CT molecular complexity index is 862. The molecule has 0 saturated carbocycles. The Hall–Kier alpha value is -2.09. The summed E-state index contributed by atoms with van der Waals surface area (Å²) in [4.78, 5) is 14.6. The van der Waals surface area contributed by atoms with E-state index in [0.717, 1.165) is 44.3 Å². The van der Waals surface area contributed by atoms with E-state index in [9.17, 15) is 18.0 Å². The second-order valence-electron chi connectivity index (χ2n) is 8.01. The molecule has 0 bridgehead atoms. The van der Waals surface area contributed by atoms with Gasteiger partial charge in [0.1, 0.15) is 0 Å². The fraction of sp³-hybridized carbons (Fsp3) is 0.600. The number of nitrogens with zero attached hydrogens (tertiary/aromatic N) is 3. The first-order chi connectivity index (χ1) is 13.3. The van der Waals surface area contributed by atoms with E-state index in [1.807, 2.05) is 6.07 Å². The minimum atomic E-state index is -4.67. The van der Waals surface area contributed by atoms with Gasteiger partial charge in [0, 0.05) is 19.3 Å². The number of hydrogen-bond donors (Lipinski definition) is 1. The molecule has 1 N–H and O–H groups in total. The number of likely N-dealkylation sites (tertiary alicyclic amines) is 1. The number of rotatable bonds is 2. The second-order valence-corrected chi connectivity index (χ2v) is 8.01. The lowest BCUT2D eigenvalue weighted by molar-refractivity contribution is -0.141. The van der Waals surface area contributed by atoms with E-state index in [0.29, 0.717) is 19.0 Å². The van der Waals surface area contributed by atoms with Gasteiger partial charge >= 0.3 is 6.18 Å². The Balaban J connectivity index is 1.77. The first-order valence-electron chi connectivity index (χ1n) is 9.94. The topological polar surface area (TPSA) is 49.6 Å². The Kier molecular flexibility index (Phi) is 5.07. The Morgan fingerprint density at radius 3 is 2.50 bits per heavy atom. The van der Waals surface area contributed by atoms with Crippen LogP contribution in [0.2, 0.25) is 0 Å². The highest BCUT2D eigenvalue weighted by Crippen LogP contribution is 2.35. The zero-order chi connectivity index (χ0) is 19.9. The molecule has 5 nitrogen and oxygen atoms in total. The van der Waals surface area contributed by atoms with Crippen LogP contribution in [0.25, 0.3) is 5.52 Å². The van der Waals surface area contributed by atoms with Gasteiger partial charge in [-0.3, -0.25) is 4.79 Å². The van der Waals surface area contributed by atoms with Crippen molar-refractivity contribution in [1.29, 1.82) is 0 Å². The van der Waals surface area contributed by atoms with E-state index < -0.39 is 17.8 Å². The summed E-state index contributed by atoms with van der Waals surface area (Å²) in [5, 5.41) is 7.03. The molecule has 28 heavy (non-hydrogen) atoms. The van der Waals surface area contributed by atoms with Crippen LogP contribution in [0.3, 0.4) is 0 Å². The molecule has 2 aliphatic rings. The number of nitrogens with one attached hydrogen (secondary N) is 1. The summed E-state index contributed by atoms with van der Waals surface area (Å²) in [5.41, 5.74) is -0.160. The average molecular weight is 394 g/mol. The van der Waals surface area contributed by atoms with Gasteiger partial charge < -0.3 is 10.2 Å². The summed E-state index contributed by atoms with van der Waals surface area (Å²) in [6, 6.07) is 3.56. The molecule has 0 unspecified atom stereocenters. The third kappa shape index (κ3) is 3.62. The zero-order valence-electron chi connectivity index (χ0n) is 15.9. The molecule has 0 aliphatic carbocycles. The molecule has 1 amide bonds. The van der Waals surface area contributed by atoms with Gasteiger partial charge in [-0.05, 0) is 68.3 Å². The summed E-state index contributed by atoms with van der Waals surface area (Å²) >= 11 is 0. The average Bonchev–Trinajstić information content (AvgIpc) is 3.08. The van der Waals surface area contributed by atoms with E-state index in [1.165, 1.54) is 4.52 Å². The van der Waals surface area contributed by atoms with Crippen molar-refractivity contribution >= 4 is 11.4 Å². The maximum absolute atomic E-state index is 13.7. The van der Waals surface area contributed by atoms with Gasteiger partial charge in [0.25, 0.3) is 5.91 Å². The lowest BCUT2D eigenvalue weighted by Crippen LogP contribution is -2.38. The number of pyridine rings is 1. The number of hydrogen-bond acceptors (Lipinski definition) is 3. The number of amides is 1. The summed E-state index contributed by atoms with van der Waals surface area (Å²) in [7, 11) is 0. The van der Waals surface area contributed by atoms with E-state index in [4.69, 9.17) is 0 Å². The van der Waals surface area contributed by atoms with Crippen LogP contribution in [0.5, 0.6) is 0 Å². The lowest BCUT2D eigenvalue weighted by atomic mass is 9.90. The van der Waals surface area contributed by atoms with Crippen molar-refractivity contribution in [1.82, 2.24) is 19.8 Å². The van der Waals surface area contributed by atoms with Crippen LogP contribution >= 0.6 is 0 Å². The molecule has 2 saturated heterocycles. The fourth-order valence-corrected chi connectivity index (χ4v) is 4.25. The fourth-order valence-electron chi connectivity index (χ4n) is 4.25. The smallest absolute Gasteiger partial charge is 0.338 e. The molecular formula is C20H25F3N4O. The van der Waals surface area contributed by atoms with Crippen LogP contribution in [0.15, 0.2) is 18.3 Å². The van der Waals surface area contributed by atoms with Crippen molar-refractivity contribution in [3.05, 3.63) is 35.2 Å². The number of aromatic nitrogens is 2. The monoisotopic (exact) mass is 394 g/mol. The van der Waals surface area contributed by atoms with Crippen molar-refractivity contribution in [2.45, 2.75) is 44.7 Å². The predicted molar refractivity (Wildman–Crippen MR) is 99.3 cm³/mol. The van der Waals surface area contributed by atoms with Crippen LogP contribution in [-0.4, -0.2) is 46.6 Å². The number of piperidine rings is 2. The normalized spacial score (nSPS) is 20.1. The minimum Gasteiger partial charge on any atom is -0.338 e. The molecule has 2 aromatic rings. The SMILES string of the molecule is CC1CCN(C(=O)c2c(C(F)(F)F)nn3ccc(C4CCNCC4)cc23)CC1. The highest BCUT2D eigenvalue weighted by atomic mass is 19.4. The van der Waals surface area contributed by atoms with Gasteiger partial charge in [-0.25, -0.2) is 4.52 Å². The van der Waals surface area contributed by atoms with E-state index in [1.54, 1.807) is 17.2 Å². The van der Waals surface area contributed by atoms with Crippen LogP contribution < -0.4 is 5.32 Å². The molecule has 2 aliphatic heterocycles.